The molecule has 0 saturated heterocycles. The number of nitrogen functional groups attached to an aromatic ring is 1. The number of hydrogen-bond donors (Lipinski definition) is 1. The maximum atomic E-state index is 13.0. The third-order valence-corrected chi connectivity index (χ3v) is 6.15. The molecule has 0 spiro atoms. The van der Waals surface area contributed by atoms with Crippen LogP contribution in [0.15, 0.2) is 79.3 Å². The predicted octanol–water partition coefficient (Wildman–Crippen LogP) is 5.47. The molecule has 3 aromatic heterocycles. The molecule has 0 fully saturated rings. The van der Waals surface area contributed by atoms with Crippen molar-refractivity contribution in [2.24, 2.45) is 0 Å². The fourth-order valence-corrected chi connectivity index (χ4v) is 4.33. The van der Waals surface area contributed by atoms with E-state index in [0.29, 0.717) is 17.1 Å². The van der Waals surface area contributed by atoms with Gasteiger partial charge in [-0.15, -0.1) is 0 Å². The van der Waals surface area contributed by atoms with Crippen LogP contribution in [0.2, 0.25) is 0 Å². The van der Waals surface area contributed by atoms with Gasteiger partial charge in [0.1, 0.15) is 10.3 Å². The summed E-state index contributed by atoms with van der Waals surface area (Å²) >= 11 is 1.37. The Morgan fingerprint density at radius 2 is 1.84 bits per heavy atom. The van der Waals surface area contributed by atoms with Gasteiger partial charge in [-0.3, -0.25) is 4.79 Å². The number of carbonyl (C=O) groups is 1. The van der Waals surface area contributed by atoms with Crippen LogP contribution in [0.1, 0.15) is 21.5 Å². The van der Waals surface area contributed by atoms with Crippen molar-refractivity contribution in [1.29, 1.82) is 0 Å². The fourth-order valence-electron chi connectivity index (χ4n) is 3.67. The second-order valence-electron chi connectivity index (χ2n) is 7.49. The Morgan fingerprint density at radius 3 is 2.61 bits per heavy atom. The number of aryl methyl sites for hydroxylation is 1. The zero-order valence-electron chi connectivity index (χ0n) is 16.9. The lowest BCUT2D eigenvalue weighted by atomic mass is 9.95. The van der Waals surface area contributed by atoms with E-state index in [9.17, 15) is 4.79 Å². The maximum Gasteiger partial charge on any atom is 0.182 e. The van der Waals surface area contributed by atoms with Gasteiger partial charge >= 0.3 is 0 Å². The van der Waals surface area contributed by atoms with Crippen LogP contribution in [0.25, 0.3) is 27.2 Å². The number of pyridine rings is 1. The maximum absolute atomic E-state index is 13.0. The van der Waals surface area contributed by atoms with Gasteiger partial charge < -0.3 is 10.3 Å². The number of benzene rings is 2. The number of nitrogens with two attached hydrogens (primary N) is 1. The van der Waals surface area contributed by atoms with Crippen LogP contribution in [0, 0.1) is 6.92 Å². The minimum absolute atomic E-state index is 0.0851. The molecule has 3 heterocycles. The number of nitrogens with zero attached hydrogens (tertiary/aromatic N) is 3. The summed E-state index contributed by atoms with van der Waals surface area (Å²) in [6.45, 7) is 2.03. The average molecular weight is 425 g/mol. The second kappa shape index (κ2) is 7.81. The molecular weight excluding hydrogens is 404 g/mol. The van der Waals surface area contributed by atoms with Gasteiger partial charge in [0.2, 0.25) is 0 Å². The van der Waals surface area contributed by atoms with Gasteiger partial charge in [0.25, 0.3) is 0 Å². The van der Waals surface area contributed by atoms with Gasteiger partial charge in [-0.2, -0.15) is 0 Å². The van der Waals surface area contributed by atoms with E-state index in [-0.39, 0.29) is 5.78 Å². The molecule has 0 aliphatic heterocycles. The fraction of sp³-hybridized carbons (Fsp3) is 0.0800. The van der Waals surface area contributed by atoms with E-state index in [1.54, 1.807) is 0 Å². The van der Waals surface area contributed by atoms with Crippen molar-refractivity contribution >= 4 is 32.6 Å². The van der Waals surface area contributed by atoms with Crippen molar-refractivity contribution < 1.29 is 4.79 Å². The van der Waals surface area contributed by atoms with Crippen LogP contribution in [-0.2, 0) is 6.42 Å². The lowest BCUT2D eigenvalue weighted by Crippen LogP contribution is -2.04. The molecule has 0 unspecified atom stereocenters. The van der Waals surface area contributed by atoms with E-state index in [1.807, 2.05) is 90.7 Å². The average Bonchev–Trinajstić information content (AvgIpc) is 3.43. The van der Waals surface area contributed by atoms with Gasteiger partial charge in [0.15, 0.2) is 10.9 Å². The van der Waals surface area contributed by atoms with Crippen molar-refractivity contribution in [2.45, 2.75) is 13.3 Å². The SMILES string of the molecule is Cc1ccc(C(=O)Cc2ccc(-n3cccc3)cc2)cc1-c1cnc2sc(N)nc2c1. The first-order chi connectivity index (χ1) is 15.1. The molecule has 0 aliphatic carbocycles. The molecule has 5 nitrogen and oxygen atoms in total. The number of thiazole rings is 1. The lowest BCUT2D eigenvalue weighted by molar-refractivity contribution is 0.0993. The van der Waals surface area contributed by atoms with Crippen molar-refractivity contribution in [2.75, 3.05) is 5.73 Å². The summed E-state index contributed by atoms with van der Waals surface area (Å²) in [6.07, 6.45) is 6.17. The number of ketones is 1. The molecule has 5 aromatic rings. The number of carbonyl (C=O) groups excluding carboxylic acids is 1. The molecule has 6 heteroatoms. The Bertz CT molecular complexity index is 1390. The Morgan fingerprint density at radius 1 is 1.06 bits per heavy atom. The Hall–Kier alpha value is -3.77. The molecule has 2 aromatic carbocycles. The molecule has 0 atom stereocenters. The van der Waals surface area contributed by atoms with Crippen LogP contribution in [0.4, 0.5) is 5.13 Å². The first-order valence-electron chi connectivity index (χ1n) is 9.95. The number of rotatable bonds is 5. The van der Waals surface area contributed by atoms with E-state index in [1.165, 1.54) is 11.3 Å². The largest absolute Gasteiger partial charge is 0.375 e. The van der Waals surface area contributed by atoms with Crippen molar-refractivity contribution in [3.63, 3.8) is 0 Å². The van der Waals surface area contributed by atoms with Gasteiger partial charge in [-0.05, 0) is 60.0 Å². The van der Waals surface area contributed by atoms with Crippen molar-refractivity contribution in [3.05, 3.63) is 95.9 Å². The van der Waals surface area contributed by atoms with Crippen LogP contribution < -0.4 is 5.73 Å². The van der Waals surface area contributed by atoms with E-state index in [4.69, 9.17) is 5.73 Å². The molecule has 0 aliphatic rings. The highest BCUT2D eigenvalue weighted by Crippen LogP contribution is 2.29. The first kappa shape index (κ1) is 19.2. The summed E-state index contributed by atoms with van der Waals surface area (Å²) in [5.74, 6) is 0.0851. The highest BCUT2D eigenvalue weighted by Gasteiger charge is 2.12. The van der Waals surface area contributed by atoms with Crippen molar-refractivity contribution in [3.8, 4) is 16.8 Å². The minimum atomic E-state index is 0.0851. The summed E-state index contributed by atoms with van der Waals surface area (Å²) in [5, 5.41) is 0.503. The topological polar surface area (TPSA) is 73.8 Å². The summed E-state index contributed by atoms with van der Waals surface area (Å²) < 4.78 is 2.04. The summed E-state index contributed by atoms with van der Waals surface area (Å²) in [7, 11) is 0. The lowest BCUT2D eigenvalue weighted by Gasteiger charge is -2.09. The van der Waals surface area contributed by atoms with Crippen LogP contribution in [-0.4, -0.2) is 20.3 Å². The number of anilines is 1. The van der Waals surface area contributed by atoms with Crippen molar-refractivity contribution in [1.82, 2.24) is 14.5 Å². The van der Waals surface area contributed by atoms with Gasteiger partial charge in [0.05, 0.1) is 0 Å². The van der Waals surface area contributed by atoms with Gasteiger partial charge in [-0.1, -0.05) is 35.6 Å². The summed E-state index contributed by atoms with van der Waals surface area (Å²) in [5.41, 5.74) is 12.3. The monoisotopic (exact) mass is 424 g/mol. The summed E-state index contributed by atoms with van der Waals surface area (Å²) in [4.78, 5) is 22.6. The first-order valence-corrected chi connectivity index (χ1v) is 10.8. The van der Waals surface area contributed by atoms with Gasteiger partial charge in [-0.25, -0.2) is 9.97 Å². The van der Waals surface area contributed by atoms with E-state index < -0.39 is 0 Å². The molecule has 0 bridgehead atoms. The Balaban J connectivity index is 1.40. The molecule has 0 saturated carbocycles. The number of aromatic nitrogens is 3. The highest BCUT2D eigenvalue weighted by atomic mass is 32.1. The molecule has 0 amide bonds. The quantitative estimate of drug-likeness (QED) is 0.380. The zero-order chi connectivity index (χ0) is 21.4. The summed E-state index contributed by atoms with van der Waals surface area (Å²) in [6, 6.07) is 19.9. The molecule has 5 rings (SSSR count). The van der Waals surface area contributed by atoms with E-state index in [0.717, 1.165) is 38.3 Å². The third kappa shape index (κ3) is 3.85. The zero-order valence-corrected chi connectivity index (χ0v) is 17.8. The molecule has 2 N–H and O–H groups in total. The number of Topliss-reactive ketones (excluding diaryl/α,β-unsaturated/α-hetero) is 1. The normalized spacial score (nSPS) is 11.1. The van der Waals surface area contributed by atoms with Crippen LogP contribution in [0.5, 0.6) is 0 Å². The minimum Gasteiger partial charge on any atom is -0.375 e. The number of fused-ring (bicyclic) bond motifs is 1. The van der Waals surface area contributed by atoms with Crippen LogP contribution in [0.3, 0.4) is 0 Å². The second-order valence-corrected chi connectivity index (χ2v) is 8.50. The highest BCUT2D eigenvalue weighted by molar-refractivity contribution is 7.21. The Kier molecular flexibility index (Phi) is 4.84. The molecule has 31 heavy (non-hydrogen) atoms. The van der Waals surface area contributed by atoms with Crippen LogP contribution >= 0.6 is 11.3 Å². The standard InChI is InChI=1S/C25H20N4OS/c1-16-4-7-18(13-21(16)19-14-22-24(27-15-19)31-25(26)28-22)23(30)12-17-5-8-20(9-6-17)29-10-2-3-11-29/h2-11,13-15H,12H2,1H3,(H2,26,28). The Labute approximate surface area is 183 Å². The third-order valence-electron chi connectivity index (χ3n) is 5.34. The molecular formula is C25H20N4OS. The predicted molar refractivity (Wildman–Crippen MR) is 126 cm³/mol. The van der Waals surface area contributed by atoms with E-state index in [2.05, 4.69) is 9.97 Å². The molecule has 152 valence electrons. The number of hydrogen-bond acceptors (Lipinski definition) is 5. The van der Waals surface area contributed by atoms with E-state index >= 15 is 0 Å². The van der Waals surface area contributed by atoms with Gasteiger partial charge in [0, 0.05) is 41.8 Å². The molecule has 0 radical (unpaired) electrons. The smallest absolute Gasteiger partial charge is 0.182 e.